The van der Waals surface area contributed by atoms with Crippen molar-refractivity contribution in [3.8, 4) is 0 Å². The van der Waals surface area contributed by atoms with Gasteiger partial charge in [0, 0.05) is 11.4 Å². The van der Waals surface area contributed by atoms with Gasteiger partial charge in [-0.2, -0.15) is 4.99 Å². The van der Waals surface area contributed by atoms with Gasteiger partial charge in [-0.25, -0.2) is 4.98 Å². The third-order valence-electron chi connectivity index (χ3n) is 2.19. The molecule has 1 aliphatic heterocycles. The van der Waals surface area contributed by atoms with Gasteiger partial charge in [0.15, 0.2) is 11.4 Å². The highest BCUT2D eigenvalue weighted by Gasteiger charge is 2.27. The van der Waals surface area contributed by atoms with E-state index < -0.39 is 17.8 Å². The number of carbonyl (C=O) groups excluding carboxylic acids is 2. The van der Waals surface area contributed by atoms with Crippen LogP contribution in [-0.4, -0.2) is 23.5 Å². The SMILES string of the molecule is CCOC(=O)[C@H]1C=c2cccnc2=NC1=O. The van der Waals surface area contributed by atoms with E-state index in [0.29, 0.717) is 10.7 Å². The molecule has 1 amide bonds. The molecule has 5 nitrogen and oxygen atoms in total. The summed E-state index contributed by atoms with van der Waals surface area (Å²) in [6.07, 6.45) is 3.09. The van der Waals surface area contributed by atoms with E-state index in [-0.39, 0.29) is 6.61 Å². The van der Waals surface area contributed by atoms with Gasteiger partial charge in [0.1, 0.15) is 0 Å². The van der Waals surface area contributed by atoms with Crippen LogP contribution in [0.15, 0.2) is 23.3 Å². The summed E-state index contributed by atoms with van der Waals surface area (Å²) in [7, 11) is 0. The number of hydrogen-bond donors (Lipinski definition) is 0. The lowest BCUT2D eigenvalue weighted by Crippen LogP contribution is -2.38. The molecule has 0 saturated carbocycles. The molecule has 0 radical (unpaired) electrons. The van der Waals surface area contributed by atoms with Crippen molar-refractivity contribution in [2.24, 2.45) is 10.9 Å². The largest absolute Gasteiger partial charge is 0.465 e. The molecule has 0 aromatic carbocycles. The van der Waals surface area contributed by atoms with Crippen molar-refractivity contribution in [2.75, 3.05) is 6.61 Å². The number of ether oxygens (including phenoxy) is 1. The zero-order valence-electron chi connectivity index (χ0n) is 8.71. The summed E-state index contributed by atoms with van der Waals surface area (Å²) < 4.78 is 4.80. The molecule has 5 heteroatoms. The van der Waals surface area contributed by atoms with Crippen LogP contribution in [-0.2, 0) is 14.3 Å². The number of pyridine rings is 1. The fraction of sp³-hybridized carbons (Fsp3) is 0.273. The van der Waals surface area contributed by atoms with E-state index in [1.54, 1.807) is 25.3 Å². The summed E-state index contributed by atoms with van der Waals surface area (Å²) >= 11 is 0. The lowest BCUT2D eigenvalue weighted by atomic mass is 10.1. The van der Waals surface area contributed by atoms with Crippen molar-refractivity contribution in [3.63, 3.8) is 0 Å². The number of amides is 1. The number of nitrogens with zero attached hydrogens (tertiary/aromatic N) is 2. The molecule has 1 aromatic heterocycles. The second-order valence-corrected chi connectivity index (χ2v) is 3.26. The van der Waals surface area contributed by atoms with Crippen LogP contribution in [0.1, 0.15) is 6.92 Å². The molecule has 0 N–H and O–H groups in total. The highest BCUT2D eigenvalue weighted by Crippen LogP contribution is 2.06. The topological polar surface area (TPSA) is 68.6 Å². The fourth-order valence-corrected chi connectivity index (χ4v) is 1.46. The van der Waals surface area contributed by atoms with Crippen LogP contribution in [0, 0.1) is 5.92 Å². The monoisotopic (exact) mass is 218 g/mol. The molecule has 0 spiro atoms. The quantitative estimate of drug-likeness (QED) is 0.481. The number of rotatable bonds is 2. The maximum absolute atomic E-state index is 11.5. The Balaban J connectivity index is 2.44. The summed E-state index contributed by atoms with van der Waals surface area (Å²) in [6.45, 7) is 1.94. The first-order valence-corrected chi connectivity index (χ1v) is 4.94. The van der Waals surface area contributed by atoms with Crippen molar-refractivity contribution >= 4 is 18.0 Å². The van der Waals surface area contributed by atoms with E-state index in [2.05, 4.69) is 9.98 Å². The van der Waals surface area contributed by atoms with Gasteiger partial charge in [-0.15, -0.1) is 0 Å². The van der Waals surface area contributed by atoms with Crippen LogP contribution in [0.3, 0.4) is 0 Å². The Bertz CT molecular complexity index is 551. The van der Waals surface area contributed by atoms with E-state index in [4.69, 9.17) is 4.74 Å². The third kappa shape index (κ3) is 1.84. The van der Waals surface area contributed by atoms with Gasteiger partial charge in [0.05, 0.1) is 6.61 Å². The molecule has 82 valence electrons. The Morgan fingerprint density at radius 2 is 2.38 bits per heavy atom. The number of hydrogen-bond acceptors (Lipinski definition) is 4. The Morgan fingerprint density at radius 3 is 3.12 bits per heavy atom. The minimum absolute atomic E-state index is 0.246. The van der Waals surface area contributed by atoms with Crippen LogP contribution in [0.5, 0.6) is 0 Å². The van der Waals surface area contributed by atoms with Crippen LogP contribution in [0.2, 0.25) is 0 Å². The minimum Gasteiger partial charge on any atom is -0.465 e. The molecule has 1 aliphatic rings. The minimum atomic E-state index is -0.934. The van der Waals surface area contributed by atoms with Crippen molar-refractivity contribution < 1.29 is 14.3 Å². The molecular formula is C11H10N2O3. The lowest BCUT2D eigenvalue weighted by molar-refractivity contribution is -0.148. The number of fused-ring (bicyclic) bond motifs is 1. The average molecular weight is 218 g/mol. The normalized spacial score (nSPS) is 18.1. The zero-order valence-corrected chi connectivity index (χ0v) is 8.71. The van der Waals surface area contributed by atoms with E-state index in [9.17, 15) is 9.59 Å². The maximum Gasteiger partial charge on any atom is 0.322 e. The van der Waals surface area contributed by atoms with Crippen molar-refractivity contribution in [1.82, 2.24) is 4.98 Å². The number of esters is 1. The zero-order chi connectivity index (χ0) is 11.5. The van der Waals surface area contributed by atoms with Crippen molar-refractivity contribution in [3.05, 3.63) is 29.0 Å². The van der Waals surface area contributed by atoms with Crippen LogP contribution >= 0.6 is 0 Å². The summed E-state index contributed by atoms with van der Waals surface area (Å²) in [6, 6.07) is 3.48. The molecule has 2 rings (SSSR count). The molecule has 0 aliphatic carbocycles. The number of carbonyl (C=O) groups is 2. The highest BCUT2D eigenvalue weighted by atomic mass is 16.5. The second-order valence-electron chi connectivity index (χ2n) is 3.26. The Kier molecular flexibility index (Phi) is 2.76. The molecular weight excluding hydrogens is 208 g/mol. The summed E-state index contributed by atoms with van der Waals surface area (Å²) in [5, 5.41) is 0.681. The molecule has 0 saturated heterocycles. The van der Waals surface area contributed by atoms with Crippen LogP contribution < -0.4 is 10.7 Å². The Hall–Kier alpha value is -2.04. The predicted molar refractivity (Wildman–Crippen MR) is 54.6 cm³/mol. The Morgan fingerprint density at radius 1 is 1.56 bits per heavy atom. The summed E-state index contributed by atoms with van der Waals surface area (Å²) in [5.41, 5.74) is 0.355. The van der Waals surface area contributed by atoms with E-state index in [0.717, 1.165) is 0 Å². The first-order chi connectivity index (χ1) is 7.72. The van der Waals surface area contributed by atoms with Crippen molar-refractivity contribution in [2.45, 2.75) is 6.92 Å². The summed E-state index contributed by atoms with van der Waals surface area (Å²) in [4.78, 5) is 30.7. The average Bonchev–Trinajstić information content (AvgIpc) is 2.28. The molecule has 0 bridgehead atoms. The van der Waals surface area contributed by atoms with E-state index in [1.807, 2.05) is 0 Å². The maximum atomic E-state index is 11.5. The smallest absolute Gasteiger partial charge is 0.322 e. The van der Waals surface area contributed by atoms with Crippen LogP contribution in [0.4, 0.5) is 0 Å². The third-order valence-corrected chi connectivity index (χ3v) is 2.19. The molecule has 16 heavy (non-hydrogen) atoms. The number of aromatic nitrogens is 1. The lowest BCUT2D eigenvalue weighted by Gasteiger charge is -2.10. The first-order valence-electron chi connectivity index (χ1n) is 4.94. The molecule has 0 fully saturated rings. The first kappa shape index (κ1) is 10.5. The van der Waals surface area contributed by atoms with Crippen LogP contribution in [0.25, 0.3) is 6.08 Å². The van der Waals surface area contributed by atoms with Gasteiger partial charge in [-0.1, -0.05) is 0 Å². The molecule has 0 unspecified atom stereocenters. The molecule has 2 heterocycles. The van der Waals surface area contributed by atoms with Gasteiger partial charge >= 0.3 is 5.97 Å². The Labute approximate surface area is 91.5 Å². The van der Waals surface area contributed by atoms with Gasteiger partial charge in [0.25, 0.3) is 5.91 Å². The van der Waals surface area contributed by atoms with Gasteiger partial charge in [-0.3, -0.25) is 9.59 Å². The highest BCUT2D eigenvalue weighted by molar-refractivity contribution is 6.04. The van der Waals surface area contributed by atoms with Gasteiger partial charge < -0.3 is 4.74 Å². The van der Waals surface area contributed by atoms with Gasteiger partial charge in [-0.05, 0) is 25.1 Å². The summed E-state index contributed by atoms with van der Waals surface area (Å²) in [5.74, 6) is -2.02. The predicted octanol–water partition coefficient (Wildman–Crippen LogP) is -0.799. The standard InChI is InChI=1S/C11H10N2O3/c1-2-16-11(15)8-6-7-4-3-5-12-9(7)13-10(8)14/h3-6,8H,2H2,1H3/t8-/m0/s1. The van der Waals surface area contributed by atoms with Gasteiger partial charge in [0.2, 0.25) is 0 Å². The second kappa shape index (κ2) is 4.22. The van der Waals surface area contributed by atoms with E-state index >= 15 is 0 Å². The van der Waals surface area contributed by atoms with E-state index in [1.165, 1.54) is 6.08 Å². The molecule has 1 aromatic rings. The van der Waals surface area contributed by atoms with Crippen molar-refractivity contribution in [1.29, 1.82) is 0 Å². The fourth-order valence-electron chi connectivity index (χ4n) is 1.46. The molecule has 1 atom stereocenters.